The molecule has 0 aromatic heterocycles. The number of benzene rings is 2. The van der Waals surface area contributed by atoms with E-state index in [1.54, 1.807) is 31.4 Å². The SMILES string of the molecule is COCCCN1C(=O)C(=O)C(=C(O)c2ccc(OCC(C)C)cc2)[C@@H]1c1ccc(F)cc1. The maximum Gasteiger partial charge on any atom is 0.295 e. The molecular weight excluding hydrogens is 413 g/mol. The molecule has 6 nitrogen and oxygen atoms in total. The Morgan fingerprint density at radius 2 is 1.75 bits per heavy atom. The fraction of sp³-hybridized carbons (Fsp3) is 0.360. The summed E-state index contributed by atoms with van der Waals surface area (Å²) < 4.78 is 24.2. The van der Waals surface area contributed by atoms with Gasteiger partial charge >= 0.3 is 0 Å². The minimum Gasteiger partial charge on any atom is -0.507 e. The lowest BCUT2D eigenvalue weighted by atomic mass is 9.95. The topological polar surface area (TPSA) is 76.1 Å². The number of rotatable bonds is 9. The molecule has 32 heavy (non-hydrogen) atoms. The lowest BCUT2D eigenvalue weighted by molar-refractivity contribution is -0.140. The van der Waals surface area contributed by atoms with Gasteiger partial charge in [-0.05, 0) is 54.3 Å². The molecule has 7 heteroatoms. The van der Waals surface area contributed by atoms with Crippen molar-refractivity contribution >= 4 is 17.4 Å². The fourth-order valence-corrected chi connectivity index (χ4v) is 3.61. The van der Waals surface area contributed by atoms with Gasteiger partial charge in [-0.25, -0.2) is 4.39 Å². The first kappa shape index (κ1) is 23.5. The number of ketones is 1. The van der Waals surface area contributed by atoms with Gasteiger partial charge in [-0.2, -0.15) is 0 Å². The van der Waals surface area contributed by atoms with E-state index in [-0.39, 0.29) is 17.9 Å². The van der Waals surface area contributed by atoms with Crippen LogP contribution in [0.5, 0.6) is 5.75 Å². The molecule has 1 N–H and O–H groups in total. The van der Waals surface area contributed by atoms with Crippen LogP contribution >= 0.6 is 0 Å². The summed E-state index contributed by atoms with van der Waals surface area (Å²) in [5, 5.41) is 11.0. The molecule has 170 valence electrons. The number of hydrogen-bond donors (Lipinski definition) is 1. The molecule has 0 radical (unpaired) electrons. The number of Topliss-reactive ketones (excluding diaryl/α,β-unsaturated/α-hetero) is 1. The number of carbonyl (C=O) groups excluding carboxylic acids is 2. The van der Waals surface area contributed by atoms with E-state index in [1.165, 1.54) is 29.2 Å². The van der Waals surface area contributed by atoms with E-state index in [4.69, 9.17) is 9.47 Å². The zero-order chi connectivity index (χ0) is 23.3. The molecule has 2 aromatic carbocycles. The Morgan fingerprint density at radius 1 is 1.09 bits per heavy atom. The van der Waals surface area contributed by atoms with Crippen LogP contribution in [-0.4, -0.2) is 48.6 Å². The Morgan fingerprint density at radius 3 is 2.34 bits per heavy atom. The molecule has 0 aliphatic carbocycles. The first-order valence-electron chi connectivity index (χ1n) is 10.6. The monoisotopic (exact) mass is 441 g/mol. The van der Waals surface area contributed by atoms with Crippen molar-refractivity contribution in [1.82, 2.24) is 4.90 Å². The second-order valence-electron chi connectivity index (χ2n) is 8.12. The highest BCUT2D eigenvalue weighted by Gasteiger charge is 2.45. The number of amides is 1. The van der Waals surface area contributed by atoms with Gasteiger partial charge in [0.15, 0.2) is 0 Å². The van der Waals surface area contributed by atoms with E-state index in [9.17, 15) is 19.1 Å². The standard InChI is InChI=1S/C25H28FNO5/c1-16(2)15-32-20-11-7-18(8-12-20)23(28)21-22(17-5-9-19(26)10-6-17)27(13-4-14-31-3)25(30)24(21)29/h5-12,16,22,28H,4,13-15H2,1-3H3/t22-/m0/s1. The second-order valence-corrected chi connectivity index (χ2v) is 8.12. The van der Waals surface area contributed by atoms with Gasteiger partial charge in [0, 0.05) is 25.8 Å². The lowest BCUT2D eigenvalue weighted by Gasteiger charge is -2.25. The van der Waals surface area contributed by atoms with E-state index in [0.29, 0.717) is 42.4 Å². The first-order valence-corrected chi connectivity index (χ1v) is 10.6. The summed E-state index contributed by atoms with van der Waals surface area (Å²) in [6.45, 7) is 5.32. The number of halogens is 1. The summed E-state index contributed by atoms with van der Waals surface area (Å²) in [5.74, 6) is -1.16. The van der Waals surface area contributed by atoms with Crippen LogP contribution < -0.4 is 4.74 Å². The summed E-state index contributed by atoms with van der Waals surface area (Å²) in [6, 6.07) is 11.5. The van der Waals surface area contributed by atoms with Crippen molar-refractivity contribution < 1.29 is 28.6 Å². The minimum atomic E-state index is -0.815. The minimum absolute atomic E-state index is 0.0186. The Kier molecular flexibility index (Phi) is 7.64. The average molecular weight is 441 g/mol. The number of likely N-dealkylation sites (tertiary alicyclic amines) is 1. The number of aliphatic hydroxyl groups excluding tert-OH is 1. The van der Waals surface area contributed by atoms with Crippen LogP contribution in [-0.2, 0) is 14.3 Å². The summed E-state index contributed by atoms with van der Waals surface area (Å²) in [5.41, 5.74) is 0.917. The number of aliphatic hydroxyl groups is 1. The average Bonchev–Trinajstić information content (AvgIpc) is 3.03. The maximum absolute atomic E-state index is 13.5. The molecule has 1 amide bonds. The highest BCUT2D eigenvalue weighted by molar-refractivity contribution is 6.46. The van der Waals surface area contributed by atoms with E-state index in [0.717, 1.165) is 0 Å². The molecule has 2 aromatic rings. The molecule has 0 bridgehead atoms. The molecule has 1 atom stereocenters. The predicted octanol–water partition coefficient (Wildman–Crippen LogP) is 4.32. The lowest BCUT2D eigenvalue weighted by Crippen LogP contribution is -2.31. The third-order valence-corrected chi connectivity index (χ3v) is 5.18. The predicted molar refractivity (Wildman–Crippen MR) is 119 cm³/mol. The molecule has 1 fully saturated rings. The van der Waals surface area contributed by atoms with Gasteiger partial charge in [0.1, 0.15) is 17.3 Å². The van der Waals surface area contributed by atoms with Crippen LogP contribution in [0.15, 0.2) is 54.1 Å². The molecule has 0 spiro atoms. The summed E-state index contributed by atoms with van der Waals surface area (Å²) in [6.07, 6.45) is 0.517. The normalized spacial score (nSPS) is 17.9. The van der Waals surface area contributed by atoms with Crippen LogP contribution in [0, 0.1) is 11.7 Å². The van der Waals surface area contributed by atoms with Gasteiger partial charge in [-0.15, -0.1) is 0 Å². The third kappa shape index (κ3) is 5.16. The Labute approximate surface area is 187 Å². The van der Waals surface area contributed by atoms with Crippen LogP contribution in [0.3, 0.4) is 0 Å². The maximum atomic E-state index is 13.5. The number of carbonyl (C=O) groups is 2. The van der Waals surface area contributed by atoms with Crippen LogP contribution in [0.1, 0.15) is 37.4 Å². The Balaban J connectivity index is 2.00. The fourth-order valence-electron chi connectivity index (χ4n) is 3.61. The number of ether oxygens (including phenoxy) is 2. The highest BCUT2D eigenvalue weighted by Crippen LogP contribution is 2.39. The van der Waals surface area contributed by atoms with E-state index < -0.39 is 23.5 Å². The van der Waals surface area contributed by atoms with Crippen molar-refractivity contribution in [3.05, 3.63) is 71.0 Å². The second kappa shape index (κ2) is 10.4. The highest BCUT2D eigenvalue weighted by atomic mass is 19.1. The molecule has 3 rings (SSSR count). The zero-order valence-electron chi connectivity index (χ0n) is 18.5. The summed E-state index contributed by atoms with van der Waals surface area (Å²) >= 11 is 0. The van der Waals surface area contributed by atoms with Gasteiger partial charge in [0.25, 0.3) is 11.7 Å². The molecule has 1 aliphatic heterocycles. The van der Waals surface area contributed by atoms with Crippen LogP contribution in [0.25, 0.3) is 5.76 Å². The Bertz CT molecular complexity index is 982. The first-order chi connectivity index (χ1) is 15.3. The number of methoxy groups -OCH3 is 1. The molecular formula is C25H28FNO5. The molecule has 0 unspecified atom stereocenters. The van der Waals surface area contributed by atoms with Crippen molar-refractivity contribution in [3.8, 4) is 5.75 Å². The molecule has 1 heterocycles. The zero-order valence-corrected chi connectivity index (χ0v) is 18.5. The van der Waals surface area contributed by atoms with Crippen LogP contribution in [0.2, 0.25) is 0 Å². The van der Waals surface area contributed by atoms with E-state index >= 15 is 0 Å². The van der Waals surface area contributed by atoms with Gasteiger partial charge in [-0.3, -0.25) is 9.59 Å². The van der Waals surface area contributed by atoms with Crippen molar-refractivity contribution in [2.24, 2.45) is 5.92 Å². The van der Waals surface area contributed by atoms with Crippen molar-refractivity contribution in [2.75, 3.05) is 26.9 Å². The van der Waals surface area contributed by atoms with Crippen molar-refractivity contribution in [2.45, 2.75) is 26.3 Å². The van der Waals surface area contributed by atoms with Crippen molar-refractivity contribution in [3.63, 3.8) is 0 Å². The van der Waals surface area contributed by atoms with Crippen molar-refractivity contribution in [1.29, 1.82) is 0 Å². The molecule has 0 saturated carbocycles. The van der Waals surface area contributed by atoms with Gasteiger partial charge in [-0.1, -0.05) is 26.0 Å². The van der Waals surface area contributed by atoms with Gasteiger partial charge in [0.05, 0.1) is 18.2 Å². The van der Waals surface area contributed by atoms with E-state index in [1.807, 2.05) is 13.8 Å². The quantitative estimate of drug-likeness (QED) is 0.272. The van der Waals surface area contributed by atoms with E-state index in [2.05, 4.69) is 0 Å². The van der Waals surface area contributed by atoms with Crippen LogP contribution in [0.4, 0.5) is 4.39 Å². The summed E-state index contributed by atoms with van der Waals surface area (Å²) in [4.78, 5) is 27.1. The van der Waals surface area contributed by atoms with Gasteiger partial charge in [0.2, 0.25) is 0 Å². The molecule has 1 aliphatic rings. The summed E-state index contributed by atoms with van der Waals surface area (Å²) in [7, 11) is 1.56. The third-order valence-electron chi connectivity index (χ3n) is 5.18. The largest absolute Gasteiger partial charge is 0.507 e. The van der Waals surface area contributed by atoms with Gasteiger partial charge < -0.3 is 19.5 Å². The number of nitrogens with zero attached hydrogens (tertiary/aromatic N) is 1. The number of hydrogen-bond acceptors (Lipinski definition) is 5. The Hall–Kier alpha value is -3.19. The molecule has 1 saturated heterocycles. The smallest absolute Gasteiger partial charge is 0.295 e.